The normalized spacial score (nSPS) is 18.7. The highest BCUT2D eigenvalue weighted by Gasteiger charge is 2.49. The molecule has 0 aliphatic carbocycles. The molecule has 0 aromatic heterocycles. The number of nitrogens with zero attached hydrogens (tertiary/aromatic N) is 1. The van der Waals surface area contributed by atoms with Crippen LogP contribution in [0.15, 0.2) is 78.9 Å². The van der Waals surface area contributed by atoms with Crippen LogP contribution in [0.5, 0.6) is 5.75 Å². The van der Waals surface area contributed by atoms with Crippen LogP contribution in [-0.2, 0) is 12.1 Å². The molecule has 26 heavy (non-hydrogen) atoms. The standard InChI is InChI=1S/C22H19NO3/c1-26-18-13-11-17(12-14-18)23-21(24)19-9-5-6-10-20(19)22(23,25)15-16-7-3-2-4-8-16/h2-14,25H,15H2,1H3/t22-/m1/s1. The van der Waals surface area contributed by atoms with Crippen LogP contribution in [0, 0.1) is 0 Å². The van der Waals surface area contributed by atoms with Gasteiger partial charge in [-0.05, 0) is 35.9 Å². The van der Waals surface area contributed by atoms with E-state index in [1.807, 2.05) is 48.5 Å². The number of hydrogen-bond donors (Lipinski definition) is 1. The van der Waals surface area contributed by atoms with Crippen molar-refractivity contribution in [1.82, 2.24) is 0 Å². The molecule has 1 atom stereocenters. The summed E-state index contributed by atoms with van der Waals surface area (Å²) < 4.78 is 5.20. The summed E-state index contributed by atoms with van der Waals surface area (Å²) in [5.41, 5.74) is 1.30. The largest absolute Gasteiger partial charge is 0.497 e. The number of amides is 1. The molecule has 1 aliphatic rings. The molecule has 130 valence electrons. The fourth-order valence-corrected chi connectivity index (χ4v) is 3.54. The molecule has 4 nitrogen and oxygen atoms in total. The summed E-state index contributed by atoms with van der Waals surface area (Å²) in [5.74, 6) is 0.494. The second-order valence-electron chi connectivity index (χ2n) is 6.36. The number of benzene rings is 3. The van der Waals surface area contributed by atoms with Gasteiger partial charge in [0.15, 0.2) is 5.72 Å². The predicted octanol–water partition coefficient (Wildman–Crippen LogP) is 3.74. The second kappa shape index (κ2) is 6.32. The van der Waals surface area contributed by atoms with Gasteiger partial charge in [0, 0.05) is 23.2 Å². The summed E-state index contributed by atoms with van der Waals surface area (Å²) in [7, 11) is 1.59. The third-order valence-electron chi connectivity index (χ3n) is 4.79. The van der Waals surface area contributed by atoms with E-state index in [9.17, 15) is 9.90 Å². The number of aliphatic hydroxyl groups is 1. The first-order valence-corrected chi connectivity index (χ1v) is 8.48. The van der Waals surface area contributed by atoms with E-state index >= 15 is 0 Å². The van der Waals surface area contributed by atoms with E-state index in [0.29, 0.717) is 29.0 Å². The highest BCUT2D eigenvalue weighted by molar-refractivity contribution is 6.11. The number of carbonyl (C=O) groups excluding carboxylic acids is 1. The van der Waals surface area contributed by atoms with Crippen LogP contribution in [0.2, 0.25) is 0 Å². The smallest absolute Gasteiger partial charge is 0.261 e. The first-order valence-electron chi connectivity index (χ1n) is 8.48. The molecule has 0 spiro atoms. The van der Waals surface area contributed by atoms with Crippen LogP contribution in [0.4, 0.5) is 5.69 Å². The number of fused-ring (bicyclic) bond motifs is 1. The Morgan fingerprint density at radius 3 is 2.27 bits per heavy atom. The van der Waals surface area contributed by atoms with Gasteiger partial charge in [-0.1, -0.05) is 48.5 Å². The van der Waals surface area contributed by atoms with Crippen molar-refractivity contribution in [2.45, 2.75) is 12.1 Å². The molecule has 3 aromatic carbocycles. The van der Waals surface area contributed by atoms with Crippen molar-refractivity contribution < 1.29 is 14.6 Å². The Hall–Kier alpha value is -3.11. The number of ether oxygens (including phenoxy) is 1. The van der Waals surface area contributed by atoms with Crippen LogP contribution in [0.3, 0.4) is 0 Å². The fourth-order valence-electron chi connectivity index (χ4n) is 3.54. The lowest BCUT2D eigenvalue weighted by molar-refractivity contribution is 0.0395. The maximum Gasteiger partial charge on any atom is 0.261 e. The van der Waals surface area contributed by atoms with E-state index in [2.05, 4.69) is 0 Å². The number of anilines is 1. The van der Waals surface area contributed by atoms with Crippen molar-refractivity contribution in [3.63, 3.8) is 0 Å². The average molecular weight is 345 g/mol. The van der Waals surface area contributed by atoms with Gasteiger partial charge in [-0.2, -0.15) is 0 Å². The van der Waals surface area contributed by atoms with Crippen molar-refractivity contribution in [1.29, 1.82) is 0 Å². The van der Waals surface area contributed by atoms with Crippen molar-refractivity contribution >= 4 is 11.6 Å². The van der Waals surface area contributed by atoms with Crippen molar-refractivity contribution in [3.8, 4) is 5.75 Å². The van der Waals surface area contributed by atoms with Gasteiger partial charge in [-0.3, -0.25) is 9.69 Å². The zero-order valence-electron chi connectivity index (χ0n) is 14.4. The van der Waals surface area contributed by atoms with Gasteiger partial charge in [0.05, 0.1) is 7.11 Å². The molecule has 4 rings (SSSR count). The molecular weight excluding hydrogens is 326 g/mol. The Kier molecular flexibility index (Phi) is 3.98. The maximum atomic E-state index is 13.1. The quantitative estimate of drug-likeness (QED) is 0.784. The lowest BCUT2D eigenvalue weighted by atomic mass is 9.94. The molecule has 3 aromatic rings. The molecule has 4 heteroatoms. The summed E-state index contributed by atoms with van der Waals surface area (Å²) in [5, 5.41) is 11.7. The molecule has 1 amide bonds. The van der Waals surface area contributed by atoms with Crippen LogP contribution in [0.25, 0.3) is 0 Å². The third kappa shape index (κ3) is 2.55. The summed E-state index contributed by atoms with van der Waals surface area (Å²) in [6, 6.07) is 24.1. The number of methoxy groups -OCH3 is 1. The van der Waals surface area contributed by atoms with Crippen LogP contribution in [-0.4, -0.2) is 18.1 Å². The molecule has 1 heterocycles. The molecule has 0 fully saturated rings. The third-order valence-corrected chi connectivity index (χ3v) is 4.79. The molecule has 0 unspecified atom stereocenters. The zero-order valence-corrected chi connectivity index (χ0v) is 14.4. The van der Waals surface area contributed by atoms with E-state index in [1.54, 1.807) is 37.4 Å². The summed E-state index contributed by atoms with van der Waals surface area (Å²) >= 11 is 0. The van der Waals surface area contributed by atoms with E-state index in [0.717, 1.165) is 5.56 Å². The summed E-state index contributed by atoms with van der Waals surface area (Å²) in [6.07, 6.45) is 0.308. The van der Waals surface area contributed by atoms with Gasteiger partial charge in [-0.15, -0.1) is 0 Å². The van der Waals surface area contributed by atoms with Gasteiger partial charge in [-0.25, -0.2) is 0 Å². The van der Waals surface area contributed by atoms with E-state index in [1.165, 1.54) is 4.90 Å². The zero-order chi connectivity index (χ0) is 18.1. The number of rotatable bonds is 4. The Morgan fingerprint density at radius 1 is 0.923 bits per heavy atom. The Bertz CT molecular complexity index is 937. The summed E-state index contributed by atoms with van der Waals surface area (Å²) in [6.45, 7) is 0. The van der Waals surface area contributed by atoms with Gasteiger partial charge >= 0.3 is 0 Å². The second-order valence-corrected chi connectivity index (χ2v) is 6.36. The van der Waals surface area contributed by atoms with E-state index in [-0.39, 0.29) is 5.91 Å². The molecule has 0 bridgehead atoms. The molecule has 1 aliphatic heterocycles. The highest BCUT2D eigenvalue weighted by Crippen LogP contribution is 2.42. The Labute approximate surface area is 152 Å². The molecular formula is C22H19NO3. The monoisotopic (exact) mass is 345 g/mol. The summed E-state index contributed by atoms with van der Waals surface area (Å²) in [4.78, 5) is 14.6. The lowest BCUT2D eigenvalue weighted by Crippen LogP contribution is -2.45. The minimum Gasteiger partial charge on any atom is -0.497 e. The van der Waals surface area contributed by atoms with Gasteiger partial charge in [0.1, 0.15) is 5.75 Å². The fraction of sp³-hybridized carbons (Fsp3) is 0.136. The Balaban J connectivity index is 1.84. The number of hydrogen-bond acceptors (Lipinski definition) is 3. The SMILES string of the molecule is COc1ccc(N2C(=O)c3ccccc3[C@]2(O)Cc2ccccc2)cc1. The van der Waals surface area contributed by atoms with Gasteiger partial charge < -0.3 is 9.84 Å². The minimum atomic E-state index is -1.44. The topological polar surface area (TPSA) is 49.8 Å². The first-order chi connectivity index (χ1) is 12.6. The maximum absolute atomic E-state index is 13.1. The molecule has 0 radical (unpaired) electrons. The van der Waals surface area contributed by atoms with E-state index in [4.69, 9.17) is 4.74 Å². The lowest BCUT2D eigenvalue weighted by Gasteiger charge is -2.34. The number of carbonyl (C=O) groups is 1. The average Bonchev–Trinajstić information content (AvgIpc) is 2.90. The van der Waals surface area contributed by atoms with Crippen molar-refractivity contribution in [2.24, 2.45) is 0 Å². The van der Waals surface area contributed by atoms with Crippen molar-refractivity contribution in [2.75, 3.05) is 12.0 Å². The van der Waals surface area contributed by atoms with Crippen LogP contribution >= 0.6 is 0 Å². The molecule has 0 saturated carbocycles. The predicted molar refractivity (Wildman–Crippen MR) is 100 cm³/mol. The molecule has 1 N–H and O–H groups in total. The van der Waals surface area contributed by atoms with Crippen LogP contribution in [0.1, 0.15) is 21.5 Å². The van der Waals surface area contributed by atoms with Gasteiger partial charge in [0.2, 0.25) is 0 Å². The minimum absolute atomic E-state index is 0.204. The molecule has 0 saturated heterocycles. The van der Waals surface area contributed by atoms with Crippen molar-refractivity contribution in [3.05, 3.63) is 95.6 Å². The first kappa shape index (κ1) is 16.4. The Morgan fingerprint density at radius 2 is 1.58 bits per heavy atom. The van der Waals surface area contributed by atoms with Crippen LogP contribution < -0.4 is 9.64 Å². The highest BCUT2D eigenvalue weighted by atomic mass is 16.5. The van der Waals surface area contributed by atoms with E-state index < -0.39 is 5.72 Å². The van der Waals surface area contributed by atoms with Gasteiger partial charge in [0.25, 0.3) is 5.91 Å².